The molecule has 2 rings (SSSR count). The first-order chi connectivity index (χ1) is 13.8. The number of hydrogen-bond acceptors (Lipinski definition) is 6. The van der Waals surface area contributed by atoms with Crippen LogP contribution in [0, 0.1) is 0 Å². The highest BCUT2D eigenvalue weighted by Gasteiger charge is 2.20. The fourth-order valence-electron chi connectivity index (χ4n) is 2.49. The summed E-state index contributed by atoms with van der Waals surface area (Å²) in [7, 11) is -3.62. The van der Waals surface area contributed by atoms with Crippen molar-refractivity contribution >= 4 is 27.8 Å². The second kappa shape index (κ2) is 10.5. The molecular formula is C20H25N3O5S. The Labute approximate surface area is 171 Å². The summed E-state index contributed by atoms with van der Waals surface area (Å²) in [6.45, 7) is 4.38. The molecule has 156 valence electrons. The molecule has 1 N–H and O–H groups in total. The van der Waals surface area contributed by atoms with E-state index < -0.39 is 15.9 Å². The van der Waals surface area contributed by atoms with Gasteiger partial charge in [0.15, 0.2) is 11.5 Å². The minimum absolute atomic E-state index is 0.381. The first-order valence-corrected chi connectivity index (χ1v) is 10.9. The van der Waals surface area contributed by atoms with Crippen molar-refractivity contribution in [3.8, 4) is 11.5 Å². The predicted molar refractivity (Wildman–Crippen MR) is 113 cm³/mol. The van der Waals surface area contributed by atoms with E-state index in [9.17, 15) is 13.2 Å². The first kappa shape index (κ1) is 22.2. The number of rotatable bonds is 10. The predicted octanol–water partition coefficient (Wildman–Crippen LogP) is 2.40. The summed E-state index contributed by atoms with van der Waals surface area (Å²) in [5.41, 5.74) is 3.45. The van der Waals surface area contributed by atoms with Gasteiger partial charge in [0.25, 0.3) is 5.91 Å². The van der Waals surface area contributed by atoms with Gasteiger partial charge >= 0.3 is 0 Å². The molecule has 2 aromatic rings. The number of carbonyl (C=O) groups is 1. The number of benzene rings is 2. The topological polar surface area (TPSA) is 97.3 Å². The van der Waals surface area contributed by atoms with Crippen LogP contribution in [0.1, 0.15) is 19.4 Å². The lowest BCUT2D eigenvalue weighted by atomic mass is 10.2. The summed E-state index contributed by atoms with van der Waals surface area (Å²) in [5.74, 6) is 0.644. The first-order valence-electron chi connectivity index (χ1n) is 9.09. The molecule has 9 heteroatoms. The lowest BCUT2D eigenvalue weighted by molar-refractivity contribution is -0.119. The van der Waals surface area contributed by atoms with Crippen molar-refractivity contribution in [3.05, 3.63) is 54.1 Å². The van der Waals surface area contributed by atoms with Gasteiger partial charge in [-0.2, -0.15) is 5.10 Å². The SMILES string of the molecule is CCOc1ccc(/C=N/NC(=O)CN(c2ccccc2)S(C)(=O)=O)cc1OCC. The van der Waals surface area contributed by atoms with E-state index in [1.165, 1.54) is 6.21 Å². The standard InChI is InChI=1S/C20H25N3O5S/c1-4-27-18-12-11-16(13-19(18)28-5-2)14-21-22-20(24)15-23(29(3,25)26)17-9-7-6-8-10-17/h6-14H,4-5,15H2,1-3H3,(H,22,24)/b21-14+. The summed E-state index contributed by atoms with van der Waals surface area (Å²) in [6.07, 6.45) is 2.50. The minimum Gasteiger partial charge on any atom is -0.490 e. The molecular weight excluding hydrogens is 394 g/mol. The van der Waals surface area contributed by atoms with Gasteiger partial charge in [-0.05, 0) is 49.7 Å². The van der Waals surface area contributed by atoms with Crippen molar-refractivity contribution in [3.63, 3.8) is 0 Å². The van der Waals surface area contributed by atoms with Crippen LogP contribution in [0.25, 0.3) is 0 Å². The van der Waals surface area contributed by atoms with Gasteiger partial charge in [-0.3, -0.25) is 9.10 Å². The quantitative estimate of drug-likeness (QED) is 0.471. The average molecular weight is 420 g/mol. The molecule has 0 bridgehead atoms. The number of nitrogens with one attached hydrogen (secondary N) is 1. The smallest absolute Gasteiger partial charge is 0.260 e. The fourth-order valence-corrected chi connectivity index (χ4v) is 3.34. The third-order valence-electron chi connectivity index (χ3n) is 3.70. The molecule has 0 spiro atoms. The van der Waals surface area contributed by atoms with Crippen molar-refractivity contribution < 1.29 is 22.7 Å². The van der Waals surface area contributed by atoms with Gasteiger partial charge in [0.2, 0.25) is 10.0 Å². The monoisotopic (exact) mass is 419 g/mol. The van der Waals surface area contributed by atoms with E-state index in [4.69, 9.17) is 9.47 Å². The van der Waals surface area contributed by atoms with E-state index in [2.05, 4.69) is 10.5 Å². The molecule has 0 unspecified atom stereocenters. The molecule has 0 aliphatic rings. The number of anilines is 1. The van der Waals surface area contributed by atoms with Crippen molar-refractivity contribution in [2.24, 2.45) is 5.10 Å². The number of nitrogens with zero attached hydrogens (tertiary/aromatic N) is 2. The van der Waals surface area contributed by atoms with Crippen LogP contribution in [0.15, 0.2) is 53.6 Å². The van der Waals surface area contributed by atoms with Gasteiger partial charge in [-0.15, -0.1) is 0 Å². The van der Waals surface area contributed by atoms with Crippen molar-refractivity contribution in [1.82, 2.24) is 5.43 Å². The maximum Gasteiger partial charge on any atom is 0.260 e. The Kier molecular flexibility index (Phi) is 8.02. The minimum atomic E-state index is -3.62. The largest absolute Gasteiger partial charge is 0.490 e. The molecule has 2 aromatic carbocycles. The summed E-state index contributed by atoms with van der Waals surface area (Å²) < 4.78 is 36.1. The fraction of sp³-hybridized carbons (Fsp3) is 0.300. The van der Waals surface area contributed by atoms with Crippen LogP contribution in [0.5, 0.6) is 11.5 Å². The zero-order valence-corrected chi connectivity index (χ0v) is 17.5. The Morgan fingerprint density at radius 3 is 2.34 bits per heavy atom. The van der Waals surface area contributed by atoms with Crippen molar-refractivity contribution in [2.45, 2.75) is 13.8 Å². The van der Waals surface area contributed by atoms with Crippen LogP contribution in [-0.4, -0.2) is 46.6 Å². The van der Waals surface area contributed by atoms with Crippen LogP contribution >= 0.6 is 0 Å². The van der Waals surface area contributed by atoms with E-state index in [1.807, 2.05) is 13.8 Å². The normalized spacial score (nSPS) is 11.3. The zero-order chi connectivity index (χ0) is 21.3. The van der Waals surface area contributed by atoms with Crippen molar-refractivity contribution in [1.29, 1.82) is 0 Å². The van der Waals surface area contributed by atoms with Crippen LogP contribution in [0.3, 0.4) is 0 Å². The van der Waals surface area contributed by atoms with Gasteiger partial charge in [-0.1, -0.05) is 18.2 Å². The van der Waals surface area contributed by atoms with Gasteiger partial charge < -0.3 is 9.47 Å². The van der Waals surface area contributed by atoms with E-state index in [-0.39, 0.29) is 6.54 Å². The van der Waals surface area contributed by atoms with Crippen LogP contribution in [0.4, 0.5) is 5.69 Å². The molecule has 0 aliphatic carbocycles. The van der Waals surface area contributed by atoms with E-state index in [0.717, 1.165) is 10.6 Å². The van der Waals surface area contributed by atoms with Gasteiger partial charge in [0.05, 0.1) is 31.4 Å². The molecule has 8 nitrogen and oxygen atoms in total. The summed E-state index contributed by atoms with van der Waals surface area (Å²) in [4.78, 5) is 12.2. The lowest BCUT2D eigenvalue weighted by Crippen LogP contribution is -2.38. The highest BCUT2D eigenvalue weighted by molar-refractivity contribution is 7.92. The molecule has 29 heavy (non-hydrogen) atoms. The Morgan fingerprint density at radius 1 is 1.07 bits per heavy atom. The number of hydrazone groups is 1. The Bertz CT molecular complexity index is 946. The molecule has 0 saturated carbocycles. The molecule has 0 radical (unpaired) electrons. The number of para-hydroxylation sites is 1. The zero-order valence-electron chi connectivity index (χ0n) is 16.7. The second-order valence-electron chi connectivity index (χ2n) is 5.97. The highest BCUT2D eigenvalue weighted by atomic mass is 32.2. The molecule has 0 atom stereocenters. The second-order valence-corrected chi connectivity index (χ2v) is 7.88. The van der Waals surface area contributed by atoms with Crippen LogP contribution in [0.2, 0.25) is 0 Å². The van der Waals surface area contributed by atoms with E-state index in [0.29, 0.717) is 36.0 Å². The Balaban J connectivity index is 2.05. The third-order valence-corrected chi connectivity index (χ3v) is 4.84. The molecule has 0 heterocycles. The van der Waals surface area contributed by atoms with Gasteiger partial charge in [0, 0.05) is 0 Å². The Hall–Kier alpha value is -3.07. The van der Waals surface area contributed by atoms with E-state index in [1.54, 1.807) is 48.5 Å². The number of sulfonamides is 1. The van der Waals surface area contributed by atoms with Gasteiger partial charge in [0.1, 0.15) is 6.54 Å². The number of carbonyl (C=O) groups excluding carboxylic acids is 1. The molecule has 1 amide bonds. The van der Waals surface area contributed by atoms with Crippen LogP contribution < -0.4 is 19.2 Å². The number of hydrogen-bond donors (Lipinski definition) is 1. The van der Waals surface area contributed by atoms with Gasteiger partial charge in [-0.25, -0.2) is 13.8 Å². The maximum atomic E-state index is 12.2. The maximum absolute atomic E-state index is 12.2. The van der Waals surface area contributed by atoms with E-state index >= 15 is 0 Å². The van der Waals surface area contributed by atoms with Crippen LogP contribution in [-0.2, 0) is 14.8 Å². The molecule has 0 aliphatic heterocycles. The summed E-state index contributed by atoms with van der Waals surface area (Å²) >= 11 is 0. The molecule has 0 aromatic heterocycles. The lowest BCUT2D eigenvalue weighted by Gasteiger charge is -2.21. The summed E-state index contributed by atoms with van der Waals surface area (Å²) in [6, 6.07) is 13.7. The molecule has 0 fully saturated rings. The number of ether oxygens (including phenoxy) is 2. The summed E-state index contributed by atoms with van der Waals surface area (Å²) in [5, 5.41) is 3.90. The number of amides is 1. The molecule has 0 saturated heterocycles. The highest BCUT2D eigenvalue weighted by Crippen LogP contribution is 2.28. The van der Waals surface area contributed by atoms with Crippen molar-refractivity contribution in [2.75, 3.05) is 30.3 Å². The third kappa shape index (κ3) is 6.79. The average Bonchev–Trinajstić information content (AvgIpc) is 2.68. The Morgan fingerprint density at radius 2 is 1.72 bits per heavy atom.